The molecule has 0 N–H and O–H groups in total. The van der Waals surface area contributed by atoms with Gasteiger partial charge in [-0.1, -0.05) is 9.37 Å². The molecule has 0 radical (unpaired) electrons. The number of piperazine rings is 1. The lowest BCUT2D eigenvalue weighted by Gasteiger charge is -2.35. The fraction of sp³-hybridized carbons (Fsp3) is 0.476. The van der Waals surface area contributed by atoms with Crippen molar-refractivity contribution in [3.63, 3.8) is 0 Å². The molecule has 1 saturated heterocycles. The number of amides is 1. The quantitative estimate of drug-likeness (QED) is 0.346. The van der Waals surface area contributed by atoms with Gasteiger partial charge in [0, 0.05) is 46.5 Å². The minimum atomic E-state index is -3.81. The summed E-state index contributed by atoms with van der Waals surface area (Å²) >= 11 is 0. The number of pyridine rings is 1. The minimum Gasteiger partial charge on any atom is -0.593 e. The maximum Gasteiger partial charge on any atom is 0.283 e. The molecule has 3 aromatic rings. The Morgan fingerprint density at radius 2 is 2.00 bits per heavy atom. The molecule has 1 aliphatic heterocycles. The zero-order valence-electron chi connectivity index (χ0n) is 19.2. The van der Waals surface area contributed by atoms with Crippen molar-refractivity contribution in [2.24, 2.45) is 0 Å². The van der Waals surface area contributed by atoms with Crippen LogP contribution >= 0.6 is 0 Å². The highest BCUT2D eigenvalue weighted by Gasteiger charge is 2.39. The lowest BCUT2D eigenvalue weighted by atomic mass is 10.3. The molecule has 4 heterocycles. The first-order chi connectivity index (χ1) is 16.3. The van der Waals surface area contributed by atoms with E-state index in [-0.39, 0.29) is 42.5 Å². The van der Waals surface area contributed by atoms with E-state index in [1.807, 2.05) is 0 Å². The molecule has 1 aliphatic rings. The Morgan fingerprint density at radius 3 is 2.65 bits per heavy atom. The third kappa shape index (κ3) is 4.39. The van der Waals surface area contributed by atoms with Crippen LogP contribution in [-0.2, 0) is 25.9 Å². The van der Waals surface area contributed by atoms with Gasteiger partial charge >= 0.3 is 0 Å². The molecular weight excluding hydrogens is 464 g/mol. The van der Waals surface area contributed by atoms with Crippen molar-refractivity contribution in [2.45, 2.75) is 31.7 Å². The molecule has 4 rings (SSSR count). The molecule has 0 aromatic carbocycles. The van der Waals surface area contributed by atoms with E-state index in [1.165, 1.54) is 13.8 Å². The van der Waals surface area contributed by atoms with Crippen LogP contribution in [0.25, 0.3) is 11.2 Å². The molecule has 12 nitrogen and oxygen atoms in total. The van der Waals surface area contributed by atoms with Crippen LogP contribution in [0.1, 0.15) is 28.4 Å². The van der Waals surface area contributed by atoms with Crippen LogP contribution in [0.15, 0.2) is 32.5 Å². The number of carbonyl (C=O) groups is 1. The van der Waals surface area contributed by atoms with E-state index in [0.717, 1.165) is 0 Å². The summed E-state index contributed by atoms with van der Waals surface area (Å²) in [5, 5.41) is 3.73. The van der Waals surface area contributed by atoms with Crippen LogP contribution in [-0.4, -0.2) is 79.3 Å². The molecule has 34 heavy (non-hydrogen) atoms. The highest BCUT2D eigenvalue weighted by Crippen LogP contribution is 2.28. The highest BCUT2D eigenvalue weighted by atomic mass is 32.3. The van der Waals surface area contributed by atoms with Crippen LogP contribution in [0, 0.1) is 13.8 Å². The second kappa shape index (κ2) is 9.70. The summed E-state index contributed by atoms with van der Waals surface area (Å²) in [6.07, 6.45) is 2.13. The molecule has 182 valence electrons. The van der Waals surface area contributed by atoms with Gasteiger partial charge in [0.15, 0.2) is 27.5 Å². The number of hydrogen-bond acceptors (Lipinski definition) is 9. The number of rotatable bonds is 7. The number of aromatic nitrogens is 4. The average molecular weight is 491 g/mol. The van der Waals surface area contributed by atoms with Gasteiger partial charge in [-0.25, -0.2) is 9.97 Å². The van der Waals surface area contributed by atoms with Gasteiger partial charge in [-0.2, -0.15) is 0 Å². The van der Waals surface area contributed by atoms with Gasteiger partial charge in [0.05, 0.1) is 13.1 Å². The molecule has 13 heteroatoms. The largest absolute Gasteiger partial charge is 0.593 e. The van der Waals surface area contributed by atoms with Crippen molar-refractivity contribution in [2.75, 3.05) is 39.9 Å². The third-order valence-electron chi connectivity index (χ3n) is 5.73. The zero-order chi connectivity index (χ0) is 24.5. The van der Waals surface area contributed by atoms with Crippen LogP contribution in [0.2, 0.25) is 0 Å². The smallest absolute Gasteiger partial charge is 0.283 e. The summed E-state index contributed by atoms with van der Waals surface area (Å²) in [5.74, 6) is -0.315. The van der Waals surface area contributed by atoms with Crippen molar-refractivity contribution < 1.29 is 22.8 Å². The topological polar surface area (TPSA) is 147 Å². The van der Waals surface area contributed by atoms with Gasteiger partial charge in [0.2, 0.25) is 4.90 Å². The molecule has 0 aliphatic carbocycles. The van der Waals surface area contributed by atoms with E-state index in [4.69, 9.17) is 9.26 Å². The van der Waals surface area contributed by atoms with E-state index < -0.39 is 21.9 Å². The van der Waals surface area contributed by atoms with E-state index in [1.54, 1.807) is 39.3 Å². The molecular formula is C21H26N6O6S. The molecule has 1 fully saturated rings. The first kappa shape index (κ1) is 24.1. The first-order valence-electron chi connectivity index (χ1n) is 10.8. The summed E-state index contributed by atoms with van der Waals surface area (Å²) < 4.78 is 38.9. The van der Waals surface area contributed by atoms with Crippen molar-refractivity contribution in [3.8, 4) is 0 Å². The van der Waals surface area contributed by atoms with Crippen LogP contribution in [0.4, 0.5) is 0 Å². The third-order valence-corrected chi connectivity index (χ3v) is 7.87. The van der Waals surface area contributed by atoms with Crippen molar-refractivity contribution in [1.29, 1.82) is 0 Å². The van der Waals surface area contributed by atoms with Gasteiger partial charge in [-0.05, 0) is 25.5 Å². The number of sulfonamides is 1. The SMILES string of the molecule is COCCCn1c(=O)c(C(=O)N2CCN([S+](=O)([O-])c3c(C)noc3C)CC2)nc2cccnc21. The fourth-order valence-electron chi connectivity index (χ4n) is 4.04. The Morgan fingerprint density at radius 1 is 1.26 bits per heavy atom. The summed E-state index contributed by atoms with van der Waals surface area (Å²) in [6, 6.07) is 3.38. The predicted octanol–water partition coefficient (Wildman–Crippen LogP) is 0.795. The molecule has 0 saturated carbocycles. The molecule has 0 spiro atoms. The van der Waals surface area contributed by atoms with Crippen LogP contribution in [0.5, 0.6) is 0 Å². The van der Waals surface area contributed by atoms with Crippen molar-refractivity contribution in [3.05, 3.63) is 45.8 Å². The Balaban J connectivity index is 1.56. The van der Waals surface area contributed by atoms with E-state index in [9.17, 15) is 18.4 Å². The van der Waals surface area contributed by atoms with Gasteiger partial charge in [-0.15, -0.1) is 4.31 Å². The Bertz CT molecular complexity index is 1290. The highest BCUT2D eigenvalue weighted by molar-refractivity contribution is 7.95. The first-order valence-corrected chi connectivity index (χ1v) is 12.3. The zero-order valence-corrected chi connectivity index (χ0v) is 20.0. The van der Waals surface area contributed by atoms with Gasteiger partial charge in [0.1, 0.15) is 11.2 Å². The number of carbonyl (C=O) groups excluding carboxylic acids is 1. The second-order valence-corrected chi connectivity index (χ2v) is 9.83. The second-order valence-electron chi connectivity index (χ2n) is 7.96. The van der Waals surface area contributed by atoms with Crippen molar-refractivity contribution in [1.82, 2.24) is 28.9 Å². The van der Waals surface area contributed by atoms with E-state index in [0.29, 0.717) is 36.4 Å². The number of aryl methyl sites for hydroxylation is 3. The van der Waals surface area contributed by atoms with Crippen LogP contribution in [0.3, 0.4) is 0 Å². The van der Waals surface area contributed by atoms with Crippen LogP contribution < -0.4 is 5.56 Å². The van der Waals surface area contributed by atoms with Crippen molar-refractivity contribution >= 4 is 27.5 Å². The lowest BCUT2D eigenvalue weighted by Crippen LogP contribution is -2.53. The number of fused-ring (bicyclic) bond motifs is 1. The lowest BCUT2D eigenvalue weighted by molar-refractivity contribution is 0.0684. The molecule has 0 bridgehead atoms. The standard InChI is InChI=1S/C21H26N6O6S/c1-14-18(15(2)33-24-14)34(30,31)26-11-9-25(10-12-26)20(28)17-21(29)27(8-5-13-32-3)19-16(23-17)6-4-7-22-19/h4,6-7H,5,8-13H2,1-3H3. The average Bonchev–Trinajstić information content (AvgIpc) is 3.18. The monoisotopic (exact) mass is 490 g/mol. The molecule has 1 atom stereocenters. The number of methoxy groups -OCH3 is 1. The Kier molecular flexibility index (Phi) is 6.89. The van der Waals surface area contributed by atoms with Gasteiger partial charge in [-0.3, -0.25) is 14.2 Å². The van der Waals surface area contributed by atoms with E-state index >= 15 is 0 Å². The maximum atomic E-state index is 13.3. The van der Waals surface area contributed by atoms with Gasteiger partial charge in [0.25, 0.3) is 11.5 Å². The van der Waals surface area contributed by atoms with E-state index in [2.05, 4.69) is 15.1 Å². The summed E-state index contributed by atoms with van der Waals surface area (Å²) in [6.45, 7) is 4.30. The normalized spacial score (nSPS) is 16.6. The van der Waals surface area contributed by atoms with Gasteiger partial charge < -0.3 is 18.7 Å². The Labute approximate surface area is 196 Å². The summed E-state index contributed by atoms with van der Waals surface area (Å²) in [7, 11) is -2.24. The fourth-order valence-corrected chi connectivity index (χ4v) is 5.76. The molecule has 3 aromatic heterocycles. The maximum absolute atomic E-state index is 13.3. The molecule has 1 amide bonds. The predicted molar refractivity (Wildman–Crippen MR) is 121 cm³/mol. The summed E-state index contributed by atoms with van der Waals surface area (Å²) in [4.78, 5) is 36.5. The Hall–Kier alpha value is -3.00. The number of ether oxygens (including phenoxy) is 1. The number of nitrogens with zero attached hydrogens (tertiary/aromatic N) is 6. The molecule has 1 unspecified atom stereocenters. The number of hydrogen-bond donors (Lipinski definition) is 0. The summed E-state index contributed by atoms with van der Waals surface area (Å²) in [5.41, 5.74) is 0.384. The minimum absolute atomic E-state index is 0.0508.